The number of nitrogens with two attached hydrogens (primary N) is 1. The normalized spacial score (nSPS) is 11.9. The summed E-state index contributed by atoms with van der Waals surface area (Å²) in [6, 6.07) is 16.9. The van der Waals surface area contributed by atoms with Gasteiger partial charge in [0.1, 0.15) is 6.61 Å². The molecule has 0 heterocycles. The van der Waals surface area contributed by atoms with E-state index >= 15 is 0 Å². The number of benzene rings is 2. The Morgan fingerprint density at radius 3 is 2.40 bits per heavy atom. The maximum Gasteiger partial charge on any atom is 0.308 e. The number of ether oxygens (including phenoxy) is 1. The van der Waals surface area contributed by atoms with E-state index in [1.165, 1.54) is 0 Å². The van der Waals surface area contributed by atoms with Crippen molar-refractivity contribution in [3.8, 4) is 0 Å². The number of esters is 1. The van der Waals surface area contributed by atoms with Crippen LogP contribution in [0.25, 0.3) is 0 Å². The number of rotatable bonds is 5. The van der Waals surface area contributed by atoms with Crippen LogP contribution in [0.3, 0.4) is 0 Å². The SMILES string of the molecule is NC(CC(=O)OCc1ccc(Br)cc1)c1ccccc1. The largest absolute Gasteiger partial charge is 0.461 e. The molecule has 0 saturated carbocycles. The first-order valence-electron chi connectivity index (χ1n) is 6.36. The van der Waals surface area contributed by atoms with Gasteiger partial charge in [-0.15, -0.1) is 0 Å². The third kappa shape index (κ3) is 4.47. The molecule has 0 spiro atoms. The molecule has 0 aliphatic carbocycles. The molecule has 20 heavy (non-hydrogen) atoms. The second-order valence-corrected chi connectivity index (χ2v) is 5.42. The predicted octanol–water partition coefficient (Wildman–Crippen LogP) is 3.58. The molecule has 2 aromatic carbocycles. The highest BCUT2D eigenvalue weighted by molar-refractivity contribution is 9.10. The molecule has 0 aliphatic heterocycles. The number of hydrogen-bond acceptors (Lipinski definition) is 3. The molecule has 0 saturated heterocycles. The third-order valence-corrected chi connectivity index (χ3v) is 3.46. The monoisotopic (exact) mass is 333 g/mol. The maximum atomic E-state index is 11.8. The molecule has 0 aliphatic rings. The molecule has 0 radical (unpaired) electrons. The minimum absolute atomic E-state index is 0.181. The molecule has 0 amide bonds. The molecule has 104 valence electrons. The second-order valence-electron chi connectivity index (χ2n) is 4.51. The Morgan fingerprint density at radius 2 is 1.75 bits per heavy atom. The fourth-order valence-corrected chi connectivity index (χ4v) is 2.07. The average Bonchev–Trinajstić information content (AvgIpc) is 2.47. The Hall–Kier alpha value is -1.65. The molecule has 0 fully saturated rings. The lowest BCUT2D eigenvalue weighted by molar-refractivity contribution is -0.145. The van der Waals surface area contributed by atoms with E-state index in [1.54, 1.807) is 0 Å². The van der Waals surface area contributed by atoms with Crippen molar-refractivity contribution in [2.24, 2.45) is 5.73 Å². The molecule has 2 aromatic rings. The highest BCUT2D eigenvalue weighted by atomic mass is 79.9. The lowest BCUT2D eigenvalue weighted by atomic mass is 10.1. The van der Waals surface area contributed by atoms with Crippen LogP contribution in [-0.4, -0.2) is 5.97 Å². The zero-order chi connectivity index (χ0) is 14.4. The Morgan fingerprint density at radius 1 is 1.10 bits per heavy atom. The lowest BCUT2D eigenvalue weighted by Crippen LogP contribution is -2.17. The molecule has 1 unspecified atom stereocenters. The molecule has 2 rings (SSSR count). The zero-order valence-corrected chi connectivity index (χ0v) is 12.5. The van der Waals surface area contributed by atoms with Crippen LogP contribution in [0, 0.1) is 0 Å². The molecule has 0 aromatic heterocycles. The first kappa shape index (κ1) is 14.8. The topological polar surface area (TPSA) is 52.3 Å². The van der Waals surface area contributed by atoms with Crippen LogP contribution in [0.4, 0.5) is 0 Å². The molecular weight excluding hydrogens is 318 g/mol. The van der Waals surface area contributed by atoms with E-state index in [4.69, 9.17) is 10.5 Å². The highest BCUT2D eigenvalue weighted by Crippen LogP contribution is 2.15. The quantitative estimate of drug-likeness (QED) is 0.851. The van der Waals surface area contributed by atoms with E-state index in [0.29, 0.717) is 0 Å². The summed E-state index contributed by atoms with van der Waals surface area (Å²) < 4.78 is 6.22. The molecular formula is C16H16BrNO2. The van der Waals surface area contributed by atoms with E-state index < -0.39 is 0 Å². The molecule has 2 N–H and O–H groups in total. The van der Waals surface area contributed by atoms with Crippen molar-refractivity contribution < 1.29 is 9.53 Å². The van der Waals surface area contributed by atoms with Gasteiger partial charge in [0.05, 0.1) is 6.42 Å². The maximum absolute atomic E-state index is 11.8. The van der Waals surface area contributed by atoms with Gasteiger partial charge in [0, 0.05) is 10.5 Å². The van der Waals surface area contributed by atoms with Gasteiger partial charge in [0.15, 0.2) is 0 Å². The molecule has 4 heteroatoms. The van der Waals surface area contributed by atoms with Crippen molar-refractivity contribution in [3.63, 3.8) is 0 Å². The third-order valence-electron chi connectivity index (χ3n) is 2.93. The van der Waals surface area contributed by atoms with Crippen molar-refractivity contribution in [1.29, 1.82) is 0 Å². The summed E-state index contributed by atoms with van der Waals surface area (Å²) in [4.78, 5) is 11.8. The van der Waals surface area contributed by atoms with Crippen LogP contribution in [0.15, 0.2) is 59.1 Å². The second kappa shape index (κ2) is 7.22. The Labute approximate surface area is 126 Å². The number of carbonyl (C=O) groups excluding carboxylic acids is 1. The van der Waals surface area contributed by atoms with Gasteiger partial charge >= 0.3 is 5.97 Å². The van der Waals surface area contributed by atoms with Crippen molar-refractivity contribution in [2.75, 3.05) is 0 Å². The minimum atomic E-state index is -0.325. The summed E-state index contributed by atoms with van der Waals surface area (Å²) in [5.41, 5.74) is 7.87. The van der Waals surface area contributed by atoms with Gasteiger partial charge in [0.25, 0.3) is 0 Å². The van der Waals surface area contributed by atoms with Crippen LogP contribution < -0.4 is 5.73 Å². The van der Waals surface area contributed by atoms with Gasteiger partial charge < -0.3 is 10.5 Å². The highest BCUT2D eigenvalue weighted by Gasteiger charge is 2.12. The summed E-state index contributed by atoms with van der Waals surface area (Å²) in [5, 5.41) is 0. The Kier molecular flexibility index (Phi) is 5.32. The first-order valence-corrected chi connectivity index (χ1v) is 7.15. The summed E-state index contributed by atoms with van der Waals surface area (Å²) in [5.74, 6) is -0.288. The van der Waals surface area contributed by atoms with Gasteiger partial charge in [-0.1, -0.05) is 58.4 Å². The van der Waals surface area contributed by atoms with Crippen molar-refractivity contribution in [2.45, 2.75) is 19.1 Å². The van der Waals surface area contributed by atoms with Crippen molar-refractivity contribution in [1.82, 2.24) is 0 Å². The van der Waals surface area contributed by atoms with Gasteiger partial charge in [-0.2, -0.15) is 0 Å². The van der Waals surface area contributed by atoms with Crippen molar-refractivity contribution in [3.05, 3.63) is 70.2 Å². The summed E-state index contributed by atoms with van der Waals surface area (Å²) >= 11 is 3.36. The van der Waals surface area contributed by atoms with E-state index in [2.05, 4.69) is 15.9 Å². The predicted molar refractivity (Wildman–Crippen MR) is 81.9 cm³/mol. The first-order chi connectivity index (χ1) is 9.65. The lowest BCUT2D eigenvalue weighted by Gasteiger charge is -2.11. The molecule has 3 nitrogen and oxygen atoms in total. The van der Waals surface area contributed by atoms with Gasteiger partial charge in [-0.3, -0.25) is 4.79 Å². The zero-order valence-electron chi connectivity index (χ0n) is 11.0. The van der Waals surface area contributed by atoms with Crippen LogP contribution in [-0.2, 0) is 16.1 Å². The smallest absolute Gasteiger partial charge is 0.308 e. The van der Waals surface area contributed by atoms with Crippen LogP contribution in [0.2, 0.25) is 0 Å². The van der Waals surface area contributed by atoms with Crippen LogP contribution >= 0.6 is 15.9 Å². The Balaban J connectivity index is 1.82. The fraction of sp³-hybridized carbons (Fsp3) is 0.188. The van der Waals surface area contributed by atoms with E-state index in [9.17, 15) is 4.79 Å². The van der Waals surface area contributed by atoms with Crippen LogP contribution in [0.5, 0.6) is 0 Å². The number of hydrogen-bond donors (Lipinski definition) is 1. The fourth-order valence-electron chi connectivity index (χ4n) is 1.80. The summed E-state index contributed by atoms with van der Waals surface area (Å²) in [6.45, 7) is 0.271. The summed E-state index contributed by atoms with van der Waals surface area (Å²) in [6.07, 6.45) is 0.181. The van der Waals surface area contributed by atoms with Gasteiger partial charge in [-0.25, -0.2) is 0 Å². The van der Waals surface area contributed by atoms with Crippen LogP contribution in [0.1, 0.15) is 23.6 Å². The summed E-state index contributed by atoms with van der Waals surface area (Å²) in [7, 11) is 0. The van der Waals surface area contributed by atoms with E-state index in [-0.39, 0.29) is 25.0 Å². The van der Waals surface area contributed by atoms with Crippen molar-refractivity contribution >= 4 is 21.9 Å². The Bertz CT molecular complexity index is 554. The van der Waals surface area contributed by atoms with E-state index in [0.717, 1.165) is 15.6 Å². The molecule has 0 bridgehead atoms. The average molecular weight is 334 g/mol. The minimum Gasteiger partial charge on any atom is -0.461 e. The number of carbonyl (C=O) groups is 1. The molecule has 1 atom stereocenters. The standard InChI is InChI=1S/C16H16BrNO2/c17-14-8-6-12(7-9-14)11-20-16(19)10-15(18)13-4-2-1-3-5-13/h1-9,15H,10-11,18H2. The van der Waals surface area contributed by atoms with Gasteiger partial charge in [0.2, 0.25) is 0 Å². The van der Waals surface area contributed by atoms with Gasteiger partial charge in [-0.05, 0) is 23.3 Å². The number of halogens is 1. The van der Waals surface area contributed by atoms with E-state index in [1.807, 2.05) is 54.6 Å².